The number of hydrogen-bond donors (Lipinski definition) is 3. The summed E-state index contributed by atoms with van der Waals surface area (Å²) in [5, 5.41) is 3.83. The third kappa shape index (κ3) is 4.35. The predicted octanol–water partition coefficient (Wildman–Crippen LogP) is -0.154. The van der Waals surface area contributed by atoms with Crippen molar-refractivity contribution in [2.45, 2.75) is 20.0 Å². The number of ether oxygens (including phenoxy) is 1. The maximum absolute atomic E-state index is 11.8. The number of thiocarbonyl (C=S) groups is 1. The number of nitrogens with two attached hydrogens (primary N) is 1. The summed E-state index contributed by atoms with van der Waals surface area (Å²) in [5.74, 6) is 0.0438. The van der Waals surface area contributed by atoms with Gasteiger partial charge in [0.05, 0.1) is 17.9 Å². The summed E-state index contributed by atoms with van der Waals surface area (Å²) in [6, 6.07) is 0. The van der Waals surface area contributed by atoms with Crippen LogP contribution in [0.2, 0.25) is 0 Å². The van der Waals surface area contributed by atoms with Gasteiger partial charge in [-0.2, -0.15) is 13.5 Å². The molecule has 1 amide bonds. The van der Waals surface area contributed by atoms with E-state index in [2.05, 4.69) is 14.6 Å². The van der Waals surface area contributed by atoms with Crippen LogP contribution in [-0.4, -0.2) is 35.4 Å². The number of rotatable bonds is 5. The number of carbonyl (C=O) groups excluding carboxylic acids is 1. The molecule has 0 unspecified atom stereocenters. The highest BCUT2D eigenvalue weighted by Gasteiger charge is 2.21. The van der Waals surface area contributed by atoms with Crippen LogP contribution in [0.5, 0.6) is 0 Å². The maximum atomic E-state index is 11.8. The van der Waals surface area contributed by atoms with Gasteiger partial charge in [0.15, 0.2) is 0 Å². The van der Waals surface area contributed by atoms with E-state index in [0.29, 0.717) is 0 Å². The summed E-state index contributed by atoms with van der Waals surface area (Å²) in [7, 11) is -2.69. The lowest BCUT2D eigenvalue weighted by Gasteiger charge is -2.12. The largest absolute Gasteiger partial charge is 0.446 e. The monoisotopic (exact) mass is 321 g/mol. The van der Waals surface area contributed by atoms with Crippen molar-refractivity contribution in [2.24, 2.45) is 12.8 Å². The SMILES string of the molecule is CC(C)OC(=O)NS(=O)(=O)Nc1c(C(N)=S)cnn1C. The van der Waals surface area contributed by atoms with Crippen LogP contribution in [0.1, 0.15) is 19.4 Å². The lowest BCUT2D eigenvalue weighted by Crippen LogP contribution is -2.37. The first-order valence-corrected chi connectivity index (χ1v) is 7.34. The second-order valence-corrected chi connectivity index (χ2v) is 5.91. The van der Waals surface area contributed by atoms with Crippen molar-refractivity contribution in [1.29, 1.82) is 0 Å². The number of anilines is 1. The van der Waals surface area contributed by atoms with E-state index in [9.17, 15) is 13.2 Å². The highest BCUT2D eigenvalue weighted by Crippen LogP contribution is 2.14. The zero-order valence-electron chi connectivity index (χ0n) is 11.1. The van der Waals surface area contributed by atoms with E-state index in [1.165, 1.54) is 17.9 Å². The van der Waals surface area contributed by atoms with E-state index in [1.54, 1.807) is 18.6 Å². The van der Waals surface area contributed by atoms with Gasteiger partial charge in [-0.05, 0) is 13.8 Å². The zero-order chi connectivity index (χ0) is 15.5. The van der Waals surface area contributed by atoms with Crippen molar-refractivity contribution >= 4 is 39.3 Å². The predicted molar refractivity (Wildman–Crippen MR) is 76.4 cm³/mol. The lowest BCUT2D eigenvalue weighted by molar-refractivity contribution is 0.121. The van der Waals surface area contributed by atoms with Crippen molar-refractivity contribution in [3.63, 3.8) is 0 Å². The number of aromatic nitrogens is 2. The van der Waals surface area contributed by atoms with Gasteiger partial charge in [-0.1, -0.05) is 12.2 Å². The minimum absolute atomic E-state index is 0.0273. The summed E-state index contributed by atoms with van der Waals surface area (Å²) in [6.07, 6.45) is -0.229. The Morgan fingerprint density at radius 1 is 1.55 bits per heavy atom. The molecular weight excluding hydrogens is 306 g/mol. The molecule has 11 heteroatoms. The fraction of sp³-hybridized carbons (Fsp3) is 0.444. The van der Waals surface area contributed by atoms with Gasteiger partial charge in [0.1, 0.15) is 10.8 Å². The molecule has 9 nitrogen and oxygen atoms in total. The molecule has 0 saturated carbocycles. The number of hydrogen-bond acceptors (Lipinski definition) is 6. The van der Waals surface area contributed by atoms with Crippen LogP contribution >= 0.6 is 12.2 Å². The topological polar surface area (TPSA) is 128 Å². The molecule has 0 radical (unpaired) electrons. The van der Waals surface area contributed by atoms with Gasteiger partial charge in [0.2, 0.25) is 0 Å². The second kappa shape index (κ2) is 6.05. The minimum Gasteiger partial charge on any atom is -0.446 e. The molecule has 0 aromatic carbocycles. The molecule has 0 bridgehead atoms. The van der Waals surface area contributed by atoms with E-state index in [1.807, 2.05) is 0 Å². The molecule has 1 aromatic rings. The van der Waals surface area contributed by atoms with E-state index >= 15 is 0 Å². The van der Waals surface area contributed by atoms with E-state index < -0.39 is 22.4 Å². The molecule has 0 aliphatic carbocycles. The number of aryl methyl sites for hydroxylation is 1. The summed E-state index contributed by atoms with van der Waals surface area (Å²) >= 11 is 4.77. The molecule has 1 aromatic heterocycles. The Morgan fingerprint density at radius 2 is 2.15 bits per heavy atom. The van der Waals surface area contributed by atoms with Crippen molar-refractivity contribution in [1.82, 2.24) is 14.5 Å². The molecule has 0 spiro atoms. The van der Waals surface area contributed by atoms with Crippen LogP contribution in [-0.2, 0) is 22.0 Å². The van der Waals surface area contributed by atoms with Crippen molar-refractivity contribution < 1.29 is 17.9 Å². The summed E-state index contributed by atoms with van der Waals surface area (Å²) in [6.45, 7) is 3.18. The van der Waals surface area contributed by atoms with Crippen LogP contribution in [0, 0.1) is 0 Å². The van der Waals surface area contributed by atoms with Crippen LogP contribution < -0.4 is 15.2 Å². The fourth-order valence-electron chi connectivity index (χ4n) is 1.24. The normalized spacial score (nSPS) is 11.2. The number of carbonyl (C=O) groups is 1. The molecule has 0 aliphatic heterocycles. The van der Waals surface area contributed by atoms with Crippen LogP contribution in [0.3, 0.4) is 0 Å². The van der Waals surface area contributed by atoms with Crippen molar-refractivity contribution in [3.05, 3.63) is 11.8 Å². The summed E-state index contributed by atoms with van der Waals surface area (Å²) in [5.41, 5.74) is 5.69. The Hall–Kier alpha value is -1.88. The molecule has 20 heavy (non-hydrogen) atoms. The highest BCUT2D eigenvalue weighted by molar-refractivity contribution is 7.91. The Labute approximate surface area is 121 Å². The van der Waals surface area contributed by atoms with Gasteiger partial charge < -0.3 is 10.5 Å². The van der Waals surface area contributed by atoms with E-state index in [0.717, 1.165) is 0 Å². The van der Waals surface area contributed by atoms with Gasteiger partial charge in [-0.25, -0.2) is 14.2 Å². The Kier molecular flexibility index (Phi) is 4.89. The summed E-state index contributed by atoms with van der Waals surface area (Å²) < 4.78 is 33.2. The second-order valence-electron chi connectivity index (χ2n) is 4.06. The third-order valence-electron chi connectivity index (χ3n) is 2.00. The molecule has 4 N–H and O–H groups in total. The Balaban J connectivity index is 2.89. The highest BCUT2D eigenvalue weighted by atomic mass is 32.2. The number of amides is 1. The van der Waals surface area contributed by atoms with Crippen LogP contribution in [0.15, 0.2) is 6.20 Å². The quantitative estimate of drug-likeness (QED) is 0.643. The Morgan fingerprint density at radius 3 is 2.65 bits per heavy atom. The molecular formula is C9H15N5O4S2. The fourth-order valence-corrected chi connectivity index (χ4v) is 2.20. The first-order valence-electron chi connectivity index (χ1n) is 5.45. The van der Waals surface area contributed by atoms with Gasteiger partial charge in [-0.15, -0.1) is 0 Å². The maximum Gasteiger partial charge on any atom is 0.422 e. The third-order valence-corrected chi connectivity index (χ3v) is 3.11. The lowest BCUT2D eigenvalue weighted by atomic mass is 10.3. The van der Waals surface area contributed by atoms with Gasteiger partial charge >= 0.3 is 16.3 Å². The standard InChI is InChI=1S/C9H15N5O4S2/c1-5(2)18-9(15)13-20(16,17)12-8-6(7(10)19)4-11-14(8)3/h4-5,12H,1-3H3,(H2,10,19)(H,13,15). The average molecular weight is 321 g/mol. The molecule has 0 saturated heterocycles. The molecule has 0 fully saturated rings. The van der Waals surface area contributed by atoms with Crippen LogP contribution in [0.25, 0.3) is 0 Å². The van der Waals surface area contributed by atoms with Gasteiger partial charge in [0, 0.05) is 7.05 Å². The molecule has 112 valence electrons. The van der Waals surface area contributed by atoms with Crippen molar-refractivity contribution in [2.75, 3.05) is 4.72 Å². The van der Waals surface area contributed by atoms with Gasteiger partial charge in [0.25, 0.3) is 0 Å². The average Bonchev–Trinajstić information content (AvgIpc) is 2.57. The summed E-state index contributed by atoms with van der Waals surface area (Å²) in [4.78, 5) is 11.2. The van der Waals surface area contributed by atoms with Gasteiger partial charge in [-0.3, -0.25) is 4.68 Å². The zero-order valence-corrected chi connectivity index (χ0v) is 12.7. The molecule has 1 rings (SSSR count). The minimum atomic E-state index is -4.18. The molecule has 1 heterocycles. The number of nitrogens with zero attached hydrogens (tertiary/aromatic N) is 2. The Bertz CT molecular complexity index is 622. The van der Waals surface area contributed by atoms with E-state index in [4.69, 9.17) is 18.0 Å². The van der Waals surface area contributed by atoms with Crippen molar-refractivity contribution in [3.8, 4) is 0 Å². The molecule has 0 aliphatic rings. The molecule has 0 atom stereocenters. The van der Waals surface area contributed by atoms with Crippen LogP contribution in [0.4, 0.5) is 10.6 Å². The first-order chi connectivity index (χ1) is 9.12. The number of nitrogens with one attached hydrogen (secondary N) is 2. The smallest absolute Gasteiger partial charge is 0.422 e. The first kappa shape index (κ1) is 16.2. The van der Waals surface area contributed by atoms with E-state index in [-0.39, 0.29) is 16.4 Å².